The molecule has 19 heavy (non-hydrogen) atoms. The van der Waals surface area contributed by atoms with E-state index in [9.17, 15) is 4.79 Å². The number of rotatable bonds is 4. The van der Waals surface area contributed by atoms with E-state index in [0.717, 1.165) is 19.6 Å². The first-order chi connectivity index (χ1) is 9.22. The van der Waals surface area contributed by atoms with Crippen LogP contribution in [-0.4, -0.2) is 49.6 Å². The molecule has 1 saturated heterocycles. The van der Waals surface area contributed by atoms with Crippen molar-refractivity contribution in [3.05, 3.63) is 23.9 Å². The molecule has 2 rings (SSSR count). The lowest BCUT2D eigenvalue weighted by atomic mass is 9.99. The molecule has 1 aliphatic heterocycles. The number of carbonyl (C=O) groups excluding carboxylic acids is 1. The number of methoxy groups -OCH3 is 1. The quantitative estimate of drug-likeness (QED) is 0.885. The Morgan fingerprint density at radius 3 is 3.16 bits per heavy atom. The lowest BCUT2D eigenvalue weighted by Gasteiger charge is -2.27. The predicted molar refractivity (Wildman–Crippen MR) is 73.3 cm³/mol. The number of hydrogen-bond donors (Lipinski definition) is 1. The second kappa shape index (κ2) is 6.52. The molecule has 0 saturated carbocycles. The van der Waals surface area contributed by atoms with Gasteiger partial charge < -0.3 is 15.0 Å². The van der Waals surface area contributed by atoms with E-state index in [0.29, 0.717) is 17.4 Å². The molecule has 104 valence electrons. The molecule has 0 spiro atoms. The maximum absolute atomic E-state index is 12.4. The summed E-state index contributed by atoms with van der Waals surface area (Å²) in [6, 6.07) is 3.51. The van der Waals surface area contributed by atoms with Gasteiger partial charge in [0.15, 0.2) is 0 Å². The van der Waals surface area contributed by atoms with Crippen LogP contribution in [0.3, 0.4) is 0 Å². The van der Waals surface area contributed by atoms with Gasteiger partial charge in [-0.25, -0.2) is 4.98 Å². The minimum absolute atomic E-state index is 0.0319. The third-order valence-corrected chi connectivity index (χ3v) is 3.47. The normalized spacial score (nSPS) is 18.9. The van der Waals surface area contributed by atoms with Crippen LogP contribution in [0.5, 0.6) is 5.88 Å². The Kier molecular flexibility index (Phi) is 4.74. The first-order valence-corrected chi connectivity index (χ1v) is 6.67. The number of aromatic nitrogens is 1. The molecule has 2 heterocycles. The van der Waals surface area contributed by atoms with Crippen molar-refractivity contribution in [1.82, 2.24) is 15.2 Å². The van der Waals surface area contributed by atoms with E-state index in [1.54, 1.807) is 23.2 Å². The zero-order valence-corrected chi connectivity index (χ0v) is 11.6. The van der Waals surface area contributed by atoms with Gasteiger partial charge in [-0.15, -0.1) is 0 Å². The SMILES string of the molecule is COc1ncccc1C(=O)N(C)CC1CCCNC1. The molecule has 1 atom stereocenters. The minimum atomic E-state index is -0.0319. The first kappa shape index (κ1) is 13.8. The van der Waals surface area contributed by atoms with E-state index < -0.39 is 0 Å². The van der Waals surface area contributed by atoms with Crippen molar-refractivity contribution in [3.63, 3.8) is 0 Å². The number of nitrogens with one attached hydrogen (secondary N) is 1. The summed E-state index contributed by atoms with van der Waals surface area (Å²) in [4.78, 5) is 18.2. The Bertz CT molecular complexity index is 430. The molecule has 0 radical (unpaired) electrons. The van der Waals surface area contributed by atoms with Crippen LogP contribution in [-0.2, 0) is 0 Å². The van der Waals surface area contributed by atoms with Gasteiger partial charge in [-0.3, -0.25) is 4.79 Å². The van der Waals surface area contributed by atoms with E-state index in [4.69, 9.17) is 4.74 Å². The van der Waals surface area contributed by atoms with Crippen molar-refractivity contribution in [2.45, 2.75) is 12.8 Å². The van der Waals surface area contributed by atoms with Crippen molar-refractivity contribution >= 4 is 5.91 Å². The van der Waals surface area contributed by atoms with Crippen LogP contribution in [0.1, 0.15) is 23.2 Å². The highest BCUT2D eigenvalue weighted by Crippen LogP contribution is 2.17. The fourth-order valence-corrected chi connectivity index (χ4v) is 2.47. The molecule has 1 aromatic heterocycles. The molecule has 0 bridgehead atoms. The van der Waals surface area contributed by atoms with Crippen LogP contribution < -0.4 is 10.1 Å². The van der Waals surface area contributed by atoms with Crippen LogP contribution in [0.2, 0.25) is 0 Å². The van der Waals surface area contributed by atoms with E-state index >= 15 is 0 Å². The van der Waals surface area contributed by atoms with E-state index in [1.165, 1.54) is 20.0 Å². The van der Waals surface area contributed by atoms with E-state index in [2.05, 4.69) is 10.3 Å². The highest BCUT2D eigenvalue weighted by molar-refractivity contribution is 5.96. The van der Waals surface area contributed by atoms with Gasteiger partial charge in [0.2, 0.25) is 5.88 Å². The predicted octanol–water partition coefficient (Wildman–Crippen LogP) is 1.16. The summed E-state index contributed by atoms with van der Waals surface area (Å²) in [5.41, 5.74) is 0.524. The van der Waals surface area contributed by atoms with Crippen molar-refractivity contribution in [2.24, 2.45) is 5.92 Å². The number of hydrogen-bond acceptors (Lipinski definition) is 4. The van der Waals surface area contributed by atoms with Crippen molar-refractivity contribution in [3.8, 4) is 5.88 Å². The van der Waals surface area contributed by atoms with E-state index in [1.807, 2.05) is 7.05 Å². The van der Waals surface area contributed by atoms with Gasteiger partial charge in [0.05, 0.1) is 7.11 Å². The maximum atomic E-state index is 12.4. The Balaban J connectivity index is 2.01. The van der Waals surface area contributed by atoms with Crippen molar-refractivity contribution < 1.29 is 9.53 Å². The first-order valence-electron chi connectivity index (χ1n) is 6.67. The molecule has 1 aromatic rings. The van der Waals surface area contributed by atoms with Gasteiger partial charge in [-0.1, -0.05) is 0 Å². The standard InChI is InChI=1S/C14H21N3O2/c1-17(10-11-5-3-7-15-9-11)14(18)12-6-4-8-16-13(12)19-2/h4,6,8,11,15H,3,5,7,9-10H2,1-2H3. The van der Waals surface area contributed by atoms with E-state index in [-0.39, 0.29) is 5.91 Å². The molecular formula is C14H21N3O2. The monoisotopic (exact) mass is 263 g/mol. The molecule has 5 nitrogen and oxygen atoms in total. The molecule has 1 fully saturated rings. The molecule has 0 aromatic carbocycles. The van der Waals surface area contributed by atoms with Crippen LogP contribution in [0.25, 0.3) is 0 Å². The molecule has 0 aliphatic carbocycles. The summed E-state index contributed by atoms with van der Waals surface area (Å²) in [5.74, 6) is 0.891. The van der Waals surface area contributed by atoms with Gasteiger partial charge in [0.25, 0.3) is 5.91 Å². The Hall–Kier alpha value is -1.62. The summed E-state index contributed by atoms with van der Waals surface area (Å²) in [7, 11) is 3.37. The van der Waals surface area contributed by atoms with Crippen LogP contribution in [0, 0.1) is 5.92 Å². The Morgan fingerprint density at radius 1 is 1.63 bits per heavy atom. The third-order valence-electron chi connectivity index (χ3n) is 3.47. The van der Waals surface area contributed by atoms with Crippen LogP contribution in [0.15, 0.2) is 18.3 Å². The number of nitrogens with zero attached hydrogens (tertiary/aromatic N) is 2. The molecule has 1 N–H and O–H groups in total. The zero-order chi connectivity index (χ0) is 13.7. The topological polar surface area (TPSA) is 54.5 Å². The maximum Gasteiger partial charge on any atom is 0.259 e. The second-order valence-corrected chi connectivity index (χ2v) is 4.96. The van der Waals surface area contributed by atoms with Crippen molar-refractivity contribution in [2.75, 3.05) is 33.8 Å². The number of carbonyl (C=O) groups is 1. The third kappa shape index (κ3) is 3.44. The zero-order valence-electron chi connectivity index (χ0n) is 11.6. The van der Waals surface area contributed by atoms with Crippen LogP contribution in [0.4, 0.5) is 0 Å². The van der Waals surface area contributed by atoms with Gasteiger partial charge >= 0.3 is 0 Å². The molecule has 1 amide bonds. The fraction of sp³-hybridized carbons (Fsp3) is 0.571. The summed E-state index contributed by atoms with van der Waals surface area (Å²) in [5, 5.41) is 3.37. The summed E-state index contributed by atoms with van der Waals surface area (Å²) >= 11 is 0. The number of piperidine rings is 1. The van der Waals surface area contributed by atoms with Gasteiger partial charge in [0.1, 0.15) is 5.56 Å². The number of pyridine rings is 1. The lowest BCUT2D eigenvalue weighted by molar-refractivity contribution is 0.0760. The highest BCUT2D eigenvalue weighted by atomic mass is 16.5. The Morgan fingerprint density at radius 2 is 2.47 bits per heavy atom. The summed E-state index contributed by atoms with van der Waals surface area (Å²) in [6.07, 6.45) is 3.98. The van der Waals surface area contributed by atoms with Gasteiger partial charge in [-0.2, -0.15) is 0 Å². The fourth-order valence-electron chi connectivity index (χ4n) is 2.47. The van der Waals surface area contributed by atoms with Crippen LogP contribution >= 0.6 is 0 Å². The minimum Gasteiger partial charge on any atom is -0.480 e. The molecule has 1 unspecified atom stereocenters. The van der Waals surface area contributed by atoms with Gasteiger partial charge in [-0.05, 0) is 44.0 Å². The molecule has 1 aliphatic rings. The lowest BCUT2D eigenvalue weighted by Crippen LogP contribution is -2.39. The number of amides is 1. The smallest absolute Gasteiger partial charge is 0.259 e. The molecule has 5 heteroatoms. The average molecular weight is 263 g/mol. The average Bonchev–Trinajstić information content (AvgIpc) is 2.47. The number of ether oxygens (including phenoxy) is 1. The largest absolute Gasteiger partial charge is 0.480 e. The van der Waals surface area contributed by atoms with Crippen molar-refractivity contribution in [1.29, 1.82) is 0 Å². The summed E-state index contributed by atoms with van der Waals surface area (Å²) in [6.45, 7) is 2.84. The van der Waals surface area contributed by atoms with Gasteiger partial charge in [0, 0.05) is 19.8 Å². The second-order valence-electron chi connectivity index (χ2n) is 4.96. The summed E-state index contributed by atoms with van der Waals surface area (Å²) < 4.78 is 5.14. The Labute approximate surface area is 114 Å². The molecular weight excluding hydrogens is 242 g/mol. The highest BCUT2D eigenvalue weighted by Gasteiger charge is 2.21.